The Morgan fingerprint density at radius 3 is 2.43 bits per heavy atom. The van der Waals surface area contributed by atoms with E-state index in [1.165, 1.54) is 12.1 Å². The lowest BCUT2D eigenvalue weighted by Gasteiger charge is -2.30. The van der Waals surface area contributed by atoms with Crippen LogP contribution in [-0.4, -0.2) is 12.7 Å². The molecular weight excluding hydrogens is 291 g/mol. The summed E-state index contributed by atoms with van der Waals surface area (Å²) < 4.78 is 25.0. The average Bonchev–Trinajstić information content (AvgIpc) is 2.45. The quantitative estimate of drug-likeness (QED) is 0.757. The Morgan fingerprint density at radius 2 is 1.76 bits per heavy atom. The third-order valence-corrected chi connectivity index (χ3v) is 4.19. The molecule has 0 aromatic heterocycles. The van der Waals surface area contributed by atoms with Crippen molar-refractivity contribution in [1.29, 1.82) is 0 Å². The van der Waals surface area contributed by atoms with Crippen molar-refractivity contribution in [3.05, 3.63) is 58.9 Å². The molecule has 0 saturated heterocycles. The Hall–Kier alpha value is -1.74. The minimum atomic E-state index is -0.390. The number of para-hydroxylation sites is 2. The van der Waals surface area contributed by atoms with E-state index in [0.717, 1.165) is 22.4 Å². The van der Waals surface area contributed by atoms with Crippen LogP contribution in [0.1, 0.15) is 22.1 Å². The maximum absolute atomic E-state index is 13.4. The number of alkyl halides is 1. The number of ether oxygens (including phenoxy) is 2. The molecule has 21 heavy (non-hydrogen) atoms. The predicted octanol–water partition coefficient (Wildman–Crippen LogP) is 4.56. The first kappa shape index (κ1) is 14.2. The summed E-state index contributed by atoms with van der Waals surface area (Å²) in [7, 11) is 0. The Bertz CT molecular complexity index is 649. The molecular formula is C17H16ClFO2. The topological polar surface area (TPSA) is 18.5 Å². The SMILES string of the molecule is Cc1cc(F)cc(C)c1C(Cl)C1COc2ccccc2O1. The summed E-state index contributed by atoms with van der Waals surface area (Å²) in [5, 5.41) is -0.390. The number of aryl methyl sites for hydroxylation is 2. The first-order valence-electron chi connectivity index (χ1n) is 6.85. The molecule has 0 spiro atoms. The molecule has 110 valence electrons. The van der Waals surface area contributed by atoms with Crippen molar-refractivity contribution in [3.8, 4) is 11.5 Å². The molecule has 0 N–H and O–H groups in total. The smallest absolute Gasteiger partial charge is 0.161 e. The van der Waals surface area contributed by atoms with Crippen molar-refractivity contribution in [3.63, 3.8) is 0 Å². The minimum absolute atomic E-state index is 0.247. The summed E-state index contributed by atoms with van der Waals surface area (Å²) in [6, 6.07) is 10.5. The molecule has 0 bridgehead atoms. The van der Waals surface area contributed by atoms with Gasteiger partial charge in [0.15, 0.2) is 17.6 Å². The highest BCUT2D eigenvalue weighted by atomic mass is 35.5. The summed E-state index contributed by atoms with van der Waals surface area (Å²) in [4.78, 5) is 0. The number of hydrogen-bond donors (Lipinski definition) is 0. The van der Waals surface area contributed by atoms with Crippen LogP contribution in [0.4, 0.5) is 4.39 Å². The average molecular weight is 307 g/mol. The molecule has 1 aliphatic heterocycles. The monoisotopic (exact) mass is 306 g/mol. The minimum Gasteiger partial charge on any atom is -0.486 e. The number of fused-ring (bicyclic) bond motifs is 1. The Morgan fingerprint density at radius 1 is 1.14 bits per heavy atom. The molecule has 0 saturated carbocycles. The molecule has 1 heterocycles. The van der Waals surface area contributed by atoms with E-state index in [1.54, 1.807) is 0 Å². The summed E-state index contributed by atoms with van der Waals surface area (Å²) in [5.74, 6) is 1.17. The van der Waals surface area contributed by atoms with Gasteiger partial charge in [-0.1, -0.05) is 12.1 Å². The van der Waals surface area contributed by atoms with Gasteiger partial charge in [-0.05, 0) is 54.8 Å². The first-order valence-corrected chi connectivity index (χ1v) is 7.29. The highest BCUT2D eigenvalue weighted by Gasteiger charge is 2.30. The van der Waals surface area contributed by atoms with Crippen molar-refractivity contribution >= 4 is 11.6 Å². The Kier molecular flexibility index (Phi) is 3.77. The fraction of sp³-hybridized carbons (Fsp3) is 0.294. The zero-order chi connectivity index (χ0) is 15.0. The van der Waals surface area contributed by atoms with E-state index in [1.807, 2.05) is 38.1 Å². The Balaban J connectivity index is 1.89. The lowest BCUT2D eigenvalue weighted by molar-refractivity contribution is 0.0875. The molecule has 4 heteroatoms. The number of halogens is 2. The van der Waals surface area contributed by atoms with Crippen LogP contribution >= 0.6 is 11.6 Å². The van der Waals surface area contributed by atoms with E-state index in [2.05, 4.69) is 0 Å². The molecule has 0 aliphatic carbocycles. The predicted molar refractivity (Wildman–Crippen MR) is 80.8 cm³/mol. The second kappa shape index (κ2) is 5.57. The molecule has 2 aromatic rings. The van der Waals surface area contributed by atoms with E-state index in [0.29, 0.717) is 12.4 Å². The van der Waals surface area contributed by atoms with Gasteiger partial charge in [-0.15, -0.1) is 11.6 Å². The summed E-state index contributed by atoms with van der Waals surface area (Å²) in [6.07, 6.45) is -0.301. The van der Waals surface area contributed by atoms with Gasteiger partial charge in [0.2, 0.25) is 0 Å². The highest BCUT2D eigenvalue weighted by molar-refractivity contribution is 6.21. The molecule has 3 rings (SSSR count). The van der Waals surface area contributed by atoms with Crippen LogP contribution in [0.25, 0.3) is 0 Å². The molecule has 0 radical (unpaired) electrons. The largest absolute Gasteiger partial charge is 0.486 e. The van der Waals surface area contributed by atoms with Crippen LogP contribution in [0.5, 0.6) is 11.5 Å². The molecule has 2 aromatic carbocycles. The molecule has 0 fully saturated rings. The first-order chi connectivity index (χ1) is 10.1. The van der Waals surface area contributed by atoms with Gasteiger partial charge >= 0.3 is 0 Å². The van der Waals surface area contributed by atoms with Crippen molar-refractivity contribution in [2.45, 2.75) is 25.3 Å². The van der Waals surface area contributed by atoms with Crippen LogP contribution < -0.4 is 9.47 Å². The molecule has 2 atom stereocenters. The number of hydrogen-bond acceptors (Lipinski definition) is 2. The van der Waals surface area contributed by atoms with Gasteiger partial charge in [0.1, 0.15) is 12.4 Å². The van der Waals surface area contributed by atoms with Gasteiger partial charge < -0.3 is 9.47 Å². The third kappa shape index (κ3) is 2.70. The maximum Gasteiger partial charge on any atom is 0.161 e. The van der Waals surface area contributed by atoms with Gasteiger partial charge in [-0.2, -0.15) is 0 Å². The van der Waals surface area contributed by atoms with E-state index in [9.17, 15) is 4.39 Å². The summed E-state index contributed by atoms with van der Waals surface area (Å²) >= 11 is 6.59. The normalized spacial score (nSPS) is 18.4. The zero-order valence-electron chi connectivity index (χ0n) is 11.9. The number of benzene rings is 2. The fourth-order valence-electron chi connectivity index (χ4n) is 2.72. The van der Waals surface area contributed by atoms with E-state index in [-0.39, 0.29) is 17.3 Å². The van der Waals surface area contributed by atoms with Gasteiger partial charge in [0, 0.05) is 0 Å². The summed E-state index contributed by atoms with van der Waals surface area (Å²) in [6.45, 7) is 4.10. The van der Waals surface area contributed by atoms with E-state index in [4.69, 9.17) is 21.1 Å². The lowest BCUT2D eigenvalue weighted by atomic mass is 9.96. The molecule has 1 aliphatic rings. The van der Waals surface area contributed by atoms with Gasteiger partial charge in [0.05, 0.1) is 5.38 Å². The van der Waals surface area contributed by atoms with Crippen molar-refractivity contribution in [1.82, 2.24) is 0 Å². The van der Waals surface area contributed by atoms with E-state index < -0.39 is 0 Å². The fourth-order valence-corrected chi connectivity index (χ4v) is 3.19. The van der Waals surface area contributed by atoms with Crippen molar-refractivity contribution < 1.29 is 13.9 Å². The van der Waals surface area contributed by atoms with Gasteiger partial charge in [-0.25, -0.2) is 4.39 Å². The standard InChI is InChI=1S/C17H16ClFO2/c1-10-7-12(19)8-11(2)16(10)17(18)15-9-20-13-5-3-4-6-14(13)21-15/h3-8,15,17H,9H2,1-2H3. The lowest BCUT2D eigenvalue weighted by Crippen LogP contribution is -2.33. The molecule has 2 unspecified atom stereocenters. The van der Waals surface area contributed by atoms with Crippen molar-refractivity contribution in [2.24, 2.45) is 0 Å². The van der Waals surface area contributed by atoms with Crippen LogP contribution in [0.15, 0.2) is 36.4 Å². The van der Waals surface area contributed by atoms with Crippen LogP contribution in [0.2, 0.25) is 0 Å². The van der Waals surface area contributed by atoms with Crippen LogP contribution in [0.3, 0.4) is 0 Å². The van der Waals surface area contributed by atoms with Gasteiger partial charge in [-0.3, -0.25) is 0 Å². The van der Waals surface area contributed by atoms with Crippen LogP contribution in [0, 0.1) is 19.7 Å². The van der Waals surface area contributed by atoms with E-state index >= 15 is 0 Å². The second-order valence-electron chi connectivity index (χ2n) is 5.27. The van der Waals surface area contributed by atoms with Crippen LogP contribution in [-0.2, 0) is 0 Å². The maximum atomic E-state index is 13.4. The molecule has 0 amide bonds. The number of rotatable bonds is 2. The highest BCUT2D eigenvalue weighted by Crippen LogP contribution is 2.38. The summed E-state index contributed by atoms with van der Waals surface area (Å²) in [5.41, 5.74) is 2.57. The Labute approximate surface area is 128 Å². The van der Waals surface area contributed by atoms with Crippen molar-refractivity contribution in [2.75, 3.05) is 6.61 Å². The second-order valence-corrected chi connectivity index (χ2v) is 5.74. The van der Waals surface area contributed by atoms with Gasteiger partial charge in [0.25, 0.3) is 0 Å². The third-order valence-electron chi connectivity index (χ3n) is 3.69. The molecule has 2 nitrogen and oxygen atoms in total. The zero-order valence-corrected chi connectivity index (χ0v) is 12.7.